The average Bonchev–Trinajstić information content (AvgIpc) is 2.59. The molecule has 3 N–H and O–H groups in total. The molecular formula is C17H28ClNO4. The van der Waals surface area contributed by atoms with Gasteiger partial charge in [0, 0.05) is 12.1 Å². The van der Waals surface area contributed by atoms with Crippen LogP contribution >= 0.6 is 12.4 Å². The minimum atomic E-state index is -0.600. The van der Waals surface area contributed by atoms with Gasteiger partial charge in [0.05, 0.1) is 39.0 Å². The van der Waals surface area contributed by atoms with Gasteiger partial charge >= 0.3 is 0 Å². The van der Waals surface area contributed by atoms with E-state index in [1.54, 1.807) is 33.5 Å². The third-order valence-electron chi connectivity index (χ3n) is 4.59. The zero-order valence-electron chi connectivity index (χ0n) is 14.1. The summed E-state index contributed by atoms with van der Waals surface area (Å²) in [5, 5.41) is 10.7. The van der Waals surface area contributed by atoms with E-state index < -0.39 is 12.1 Å². The van der Waals surface area contributed by atoms with Crippen molar-refractivity contribution >= 4 is 12.4 Å². The molecule has 1 saturated carbocycles. The Bertz CT molecular complexity index is 466. The molecule has 0 aliphatic heterocycles. The van der Waals surface area contributed by atoms with Gasteiger partial charge in [-0.05, 0) is 18.8 Å². The van der Waals surface area contributed by atoms with Crippen molar-refractivity contribution in [1.29, 1.82) is 0 Å². The normalized spacial score (nSPS) is 17.8. The molecule has 0 radical (unpaired) electrons. The lowest BCUT2D eigenvalue weighted by Gasteiger charge is -2.31. The molecule has 1 aliphatic rings. The monoisotopic (exact) mass is 345 g/mol. The van der Waals surface area contributed by atoms with Crippen LogP contribution in [0, 0.1) is 5.92 Å². The molecule has 1 aromatic carbocycles. The summed E-state index contributed by atoms with van der Waals surface area (Å²) in [5.74, 6) is 2.04. The first-order chi connectivity index (χ1) is 10.6. The Kier molecular flexibility index (Phi) is 7.95. The maximum absolute atomic E-state index is 10.7. The molecular weight excluding hydrogens is 318 g/mol. The summed E-state index contributed by atoms with van der Waals surface area (Å²) >= 11 is 0. The van der Waals surface area contributed by atoms with Gasteiger partial charge in [-0.15, -0.1) is 12.4 Å². The molecule has 23 heavy (non-hydrogen) atoms. The predicted octanol–water partition coefficient (Wildman–Crippen LogP) is 3.08. The Morgan fingerprint density at radius 2 is 1.52 bits per heavy atom. The Morgan fingerprint density at radius 3 is 1.96 bits per heavy atom. The van der Waals surface area contributed by atoms with Crippen molar-refractivity contribution < 1.29 is 19.3 Å². The molecule has 0 saturated heterocycles. The minimum Gasteiger partial charge on any atom is -0.496 e. The van der Waals surface area contributed by atoms with Gasteiger partial charge in [-0.3, -0.25) is 0 Å². The van der Waals surface area contributed by atoms with Crippen LogP contribution in [-0.2, 0) is 0 Å². The molecule has 0 amide bonds. The van der Waals surface area contributed by atoms with Crippen LogP contribution in [0.2, 0.25) is 0 Å². The van der Waals surface area contributed by atoms with E-state index in [-0.39, 0.29) is 18.3 Å². The number of rotatable bonds is 6. The Hall–Kier alpha value is -1.17. The summed E-state index contributed by atoms with van der Waals surface area (Å²) in [6.45, 7) is 0. The third kappa shape index (κ3) is 4.43. The number of aliphatic hydroxyl groups is 1. The van der Waals surface area contributed by atoms with E-state index in [2.05, 4.69) is 0 Å². The molecule has 1 fully saturated rings. The number of methoxy groups -OCH3 is 3. The standard InChI is InChI=1S/C17H27NO4.ClH/c1-20-12-9-13(21-2)15(14(10-12)22-3)16(18)17(19)11-7-5-4-6-8-11;/h9-11,16-17,19H,4-8,18H2,1-3H3;1H/t16-,17+;/m0./s1. The Morgan fingerprint density at radius 1 is 1.00 bits per heavy atom. The topological polar surface area (TPSA) is 73.9 Å². The number of nitrogens with two attached hydrogens (primary N) is 1. The molecule has 2 rings (SSSR count). The Balaban J connectivity index is 0.00000264. The fraction of sp³-hybridized carbons (Fsp3) is 0.647. The summed E-state index contributed by atoms with van der Waals surface area (Å²) < 4.78 is 16.1. The lowest BCUT2D eigenvalue weighted by Crippen LogP contribution is -2.34. The first-order valence-electron chi connectivity index (χ1n) is 7.86. The maximum Gasteiger partial charge on any atom is 0.131 e. The van der Waals surface area contributed by atoms with Crippen molar-refractivity contribution in [1.82, 2.24) is 0 Å². The van der Waals surface area contributed by atoms with E-state index in [4.69, 9.17) is 19.9 Å². The number of benzene rings is 1. The highest BCUT2D eigenvalue weighted by molar-refractivity contribution is 5.85. The van der Waals surface area contributed by atoms with Gasteiger partial charge in [0.15, 0.2) is 0 Å². The predicted molar refractivity (Wildman–Crippen MR) is 92.9 cm³/mol. The van der Waals surface area contributed by atoms with E-state index in [0.29, 0.717) is 22.8 Å². The minimum absolute atomic E-state index is 0. The van der Waals surface area contributed by atoms with E-state index >= 15 is 0 Å². The second-order valence-corrected chi connectivity index (χ2v) is 5.86. The summed E-state index contributed by atoms with van der Waals surface area (Å²) in [4.78, 5) is 0. The van der Waals surface area contributed by atoms with Gasteiger partial charge in [0.25, 0.3) is 0 Å². The summed E-state index contributed by atoms with van der Waals surface area (Å²) in [6, 6.07) is 3.00. The van der Waals surface area contributed by atoms with Crippen molar-refractivity contribution in [3.63, 3.8) is 0 Å². The van der Waals surface area contributed by atoms with E-state index in [1.165, 1.54) is 6.42 Å². The fourth-order valence-corrected chi connectivity index (χ4v) is 3.30. The van der Waals surface area contributed by atoms with Gasteiger partial charge in [0.1, 0.15) is 17.2 Å². The molecule has 0 heterocycles. The molecule has 5 nitrogen and oxygen atoms in total. The first kappa shape index (κ1) is 19.9. The lowest BCUT2D eigenvalue weighted by molar-refractivity contribution is 0.0603. The number of halogens is 1. The summed E-state index contributed by atoms with van der Waals surface area (Å²) in [6.07, 6.45) is 5.01. The largest absolute Gasteiger partial charge is 0.496 e. The molecule has 0 bridgehead atoms. The first-order valence-corrected chi connectivity index (χ1v) is 7.86. The number of hydrogen-bond donors (Lipinski definition) is 2. The van der Waals surface area contributed by atoms with Crippen LogP contribution in [0.15, 0.2) is 12.1 Å². The highest BCUT2D eigenvalue weighted by Gasteiger charge is 2.31. The number of ether oxygens (including phenoxy) is 3. The lowest BCUT2D eigenvalue weighted by atomic mass is 9.81. The van der Waals surface area contributed by atoms with Crippen molar-refractivity contribution in [2.45, 2.75) is 44.2 Å². The maximum atomic E-state index is 10.7. The third-order valence-corrected chi connectivity index (χ3v) is 4.59. The highest BCUT2D eigenvalue weighted by Crippen LogP contribution is 2.41. The number of aliphatic hydroxyl groups excluding tert-OH is 1. The SMILES string of the molecule is COc1cc(OC)c([C@H](N)[C@H](O)C2CCCCC2)c(OC)c1.Cl. The molecule has 1 aromatic rings. The van der Waals surface area contributed by atoms with Crippen molar-refractivity contribution in [2.75, 3.05) is 21.3 Å². The second-order valence-electron chi connectivity index (χ2n) is 5.86. The molecule has 6 heteroatoms. The van der Waals surface area contributed by atoms with E-state index in [0.717, 1.165) is 25.7 Å². The van der Waals surface area contributed by atoms with Gasteiger partial charge in [0.2, 0.25) is 0 Å². The van der Waals surface area contributed by atoms with Crippen LogP contribution in [0.3, 0.4) is 0 Å². The van der Waals surface area contributed by atoms with Crippen molar-refractivity contribution in [3.8, 4) is 17.2 Å². The summed E-state index contributed by atoms with van der Waals surface area (Å²) in [7, 11) is 4.75. The van der Waals surface area contributed by atoms with E-state index in [1.807, 2.05) is 0 Å². The van der Waals surface area contributed by atoms with Gasteiger partial charge in [-0.1, -0.05) is 19.3 Å². The van der Waals surface area contributed by atoms with Crippen molar-refractivity contribution in [2.24, 2.45) is 11.7 Å². The second kappa shape index (κ2) is 9.21. The zero-order chi connectivity index (χ0) is 16.1. The van der Waals surface area contributed by atoms with Crippen LogP contribution in [0.1, 0.15) is 43.7 Å². The molecule has 0 unspecified atom stereocenters. The zero-order valence-corrected chi connectivity index (χ0v) is 14.9. The van der Waals surface area contributed by atoms with Crippen LogP contribution < -0.4 is 19.9 Å². The molecule has 132 valence electrons. The van der Waals surface area contributed by atoms with Crippen LogP contribution in [-0.4, -0.2) is 32.5 Å². The van der Waals surface area contributed by atoms with Crippen LogP contribution in [0.4, 0.5) is 0 Å². The smallest absolute Gasteiger partial charge is 0.131 e. The van der Waals surface area contributed by atoms with Crippen molar-refractivity contribution in [3.05, 3.63) is 17.7 Å². The van der Waals surface area contributed by atoms with E-state index in [9.17, 15) is 5.11 Å². The molecule has 2 atom stereocenters. The van der Waals surface area contributed by atoms with Gasteiger partial charge < -0.3 is 25.1 Å². The molecule has 0 spiro atoms. The van der Waals surface area contributed by atoms with Gasteiger partial charge in [-0.2, -0.15) is 0 Å². The van der Waals surface area contributed by atoms with Crippen LogP contribution in [0.25, 0.3) is 0 Å². The van der Waals surface area contributed by atoms with Crippen LogP contribution in [0.5, 0.6) is 17.2 Å². The molecule has 1 aliphatic carbocycles. The average molecular weight is 346 g/mol. The van der Waals surface area contributed by atoms with Gasteiger partial charge in [-0.25, -0.2) is 0 Å². The number of hydrogen-bond acceptors (Lipinski definition) is 5. The Labute approximate surface area is 144 Å². The summed E-state index contributed by atoms with van der Waals surface area (Å²) in [5.41, 5.74) is 7.06. The highest BCUT2D eigenvalue weighted by atomic mass is 35.5. The molecule has 0 aromatic heterocycles. The fourth-order valence-electron chi connectivity index (χ4n) is 3.30. The quantitative estimate of drug-likeness (QED) is 0.828.